The zero-order valence-corrected chi connectivity index (χ0v) is 10.1. The van der Waals surface area contributed by atoms with Crippen molar-refractivity contribution in [2.45, 2.75) is 0 Å². The molecule has 0 atom stereocenters. The van der Waals surface area contributed by atoms with Gasteiger partial charge in [0.2, 0.25) is 0 Å². The number of rotatable bonds is 2. The standard InChI is InChI=1S/C10H5Cl2NO2S/c11-6-2-1-5(3-7(6)12)8-4-9(10(14)15)16-13-8/h1-4H,(H,14,15). The van der Waals surface area contributed by atoms with Crippen LogP contribution in [-0.2, 0) is 0 Å². The first-order valence-corrected chi connectivity index (χ1v) is 5.76. The van der Waals surface area contributed by atoms with Gasteiger partial charge in [-0.1, -0.05) is 29.3 Å². The fourth-order valence-corrected chi connectivity index (χ4v) is 2.06. The van der Waals surface area contributed by atoms with Crippen LogP contribution in [0.15, 0.2) is 24.3 Å². The van der Waals surface area contributed by atoms with E-state index in [4.69, 9.17) is 28.3 Å². The van der Waals surface area contributed by atoms with Crippen LogP contribution in [0.1, 0.15) is 9.67 Å². The van der Waals surface area contributed by atoms with Gasteiger partial charge in [0.15, 0.2) is 0 Å². The van der Waals surface area contributed by atoms with Gasteiger partial charge >= 0.3 is 5.97 Å². The highest BCUT2D eigenvalue weighted by atomic mass is 35.5. The van der Waals surface area contributed by atoms with Crippen LogP contribution in [0.3, 0.4) is 0 Å². The van der Waals surface area contributed by atoms with Gasteiger partial charge in [-0.15, -0.1) is 0 Å². The number of aromatic carboxylic acids is 1. The maximum absolute atomic E-state index is 10.7. The van der Waals surface area contributed by atoms with Crippen LogP contribution < -0.4 is 0 Å². The lowest BCUT2D eigenvalue weighted by Crippen LogP contribution is -1.89. The van der Waals surface area contributed by atoms with Gasteiger partial charge in [0.1, 0.15) is 4.88 Å². The molecule has 1 N–H and O–H groups in total. The average molecular weight is 274 g/mol. The van der Waals surface area contributed by atoms with Crippen molar-refractivity contribution in [1.29, 1.82) is 0 Å². The van der Waals surface area contributed by atoms with Gasteiger partial charge < -0.3 is 5.11 Å². The third-order valence-electron chi connectivity index (χ3n) is 1.94. The molecule has 0 aliphatic rings. The lowest BCUT2D eigenvalue weighted by atomic mass is 10.1. The van der Waals surface area contributed by atoms with Crippen LogP contribution in [0.4, 0.5) is 0 Å². The van der Waals surface area contributed by atoms with E-state index >= 15 is 0 Å². The third-order valence-corrected chi connectivity index (χ3v) is 3.45. The Morgan fingerprint density at radius 1 is 1.25 bits per heavy atom. The van der Waals surface area contributed by atoms with E-state index < -0.39 is 5.97 Å². The van der Waals surface area contributed by atoms with Gasteiger partial charge in [-0.05, 0) is 29.7 Å². The predicted molar refractivity (Wildman–Crippen MR) is 64.5 cm³/mol. The van der Waals surface area contributed by atoms with Crippen LogP contribution in [0.2, 0.25) is 10.0 Å². The van der Waals surface area contributed by atoms with Crippen molar-refractivity contribution < 1.29 is 9.90 Å². The summed E-state index contributed by atoms with van der Waals surface area (Å²) < 4.78 is 4.04. The summed E-state index contributed by atoms with van der Waals surface area (Å²) in [5, 5.41) is 9.64. The van der Waals surface area contributed by atoms with Crippen molar-refractivity contribution >= 4 is 40.7 Å². The Kier molecular flexibility index (Phi) is 3.14. The van der Waals surface area contributed by atoms with E-state index in [9.17, 15) is 4.79 Å². The van der Waals surface area contributed by atoms with E-state index in [1.54, 1.807) is 18.2 Å². The topological polar surface area (TPSA) is 50.2 Å². The Labute approximate surface area is 105 Å². The molecule has 16 heavy (non-hydrogen) atoms. The monoisotopic (exact) mass is 273 g/mol. The molecule has 0 spiro atoms. The molecule has 0 radical (unpaired) electrons. The highest BCUT2D eigenvalue weighted by Crippen LogP contribution is 2.29. The number of hydrogen-bond donors (Lipinski definition) is 1. The molecule has 0 bridgehead atoms. The van der Waals surface area contributed by atoms with Crippen LogP contribution in [0.5, 0.6) is 0 Å². The van der Waals surface area contributed by atoms with Crippen molar-refractivity contribution in [2.24, 2.45) is 0 Å². The molecule has 0 amide bonds. The maximum atomic E-state index is 10.7. The van der Waals surface area contributed by atoms with Crippen molar-refractivity contribution in [3.63, 3.8) is 0 Å². The summed E-state index contributed by atoms with van der Waals surface area (Å²) in [5.74, 6) is -0.983. The normalized spacial score (nSPS) is 10.4. The molecule has 2 aromatic rings. The Morgan fingerprint density at radius 3 is 2.56 bits per heavy atom. The van der Waals surface area contributed by atoms with Crippen molar-refractivity contribution in [1.82, 2.24) is 4.37 Å². The lowest BCUT2D eigenvalue weighted by molar-refractivity contribution is 0.0702. The second-order valence-corrected chi connectivity index (χ2v) is 4.63. The van der Waals surface area contributed by atoms with Crippen LogP contribution in [0.25, 0.3) is 11.3 Å². The molecule has 0 aliphatic heterocycles. The van der Waals surface area contributed by atoms with Gasteiger partial charge in [0.05, 0.1) is 15.7 Å². The van der Waals surface area contributed by atoms with E-state index in [2.05, 4.69) is 4.37 Å². The van der Waals surface area contributed by atoms with E-state index in [0.717, 1.165) is 17.1 Å². The molecule has 3 nitrogen and oxygen atoms in total. The molecule has 1 aromatic carbocycles. The molecule has 0 aliphatic carbocycles. The van der Waals surface area contributed by atoms with Crippen molar-refractivity contribution in [2.75, 3.05) is 0 Å². The van der Waals surface area contributed by atoms with E-state index in [0.29, 0.717) is 15.7 Å². The second kappa shape index (κ2) is 4.41. The summed E-state index contributed by atoms with van der Waals surface area (Å²) in [6.45, 7) is 0. The predicted octanol–water partition coefficient (Wildman–Crippen LogP) is 3.82. The van der Waals surface area contributed by atoms with E-state index in [1.165, 1.54) is 6.07 Å². The number of benzene rings is 1. The molecule has 6 heteroatoms. The Hall–Kier alpha value is -1.10. The number of carboxylic acids is 1. The number of carbonyl (C=O) groups is 1. The van der Waals surface area contributed by atoms with Gasteiger partial charge in [-0.25, -0.2) is 4.79 Å². The summed E-state index contributed by atoms with van der Waals surface area (Å²) in [7, 11) is 0. The molecule has 0 fully saturated rings. The van der Waals surface area contributed by atoms with Gasteiger partial charge in [-0.3, -0.25) is 0 Å². The van der Waals surface area contributed by atoms with Crippen LogP contribution in [0, 0.1) is 0 Å². The fourth-order valence-electron chi connectivity index (χ4n) is 1.17. The van der Waals surface area contributed by atoms with Crippen LogP contribution >= 0.6 is 34.7 Å². The van der Waals surface area contributed by atoms with Crippen molar-refractivity contribution in [3.05, 3.63) is 39.2 Å². The third kappa shape index (κ3) is 2.19. The zero-order chi connectivity index (χ0) is 11.7. The summed E-state index contributed by atoms with van der Waals surface area (Å²) in [6.07, 6.45) is 0. The van der Waals surface area contributed by atoms with Crippen molar-refractivity contribution in [3.8, 4) is 11.3 Å². The molecule has 82 valence electrons. The largest absolute Gasteiger partial charge is 0.477 e. The highest BCUT2D eigenvalue weighted by Gasteiger charge is 2.10. The average Bonchev–Trinajstić information content (AvgIpc) is 2.71. The lowest BCUT2D eigenvalue weighted by Gasteiger charge is -1.98. The summed E-state index contributed by atoms with van der Waals surface area (Å²) in [5.41, 5.74) is 1.33. The first kappa shape index (κ1) is 11.4. The first-order valence-electron chi connectivity index (χ1n) is 4.23. The molecule has 1 aromatic heterocycles. The molecule has 2 rings (SSSR count). The summed E-state index contributed by atoms with van der Waals surface area (Å²) in [4.78, 5) is 10.9. The summed E-state index contributed by atoms with van der Waals surface area (Å²) >= 11 is 12.6. The molecule has 0 saturated heterocycles. The smallest absolute Gasteiger partial charge is 0.347 e. The Bertz CT molecular complexity index is 554. The first-order chi connectivity index (χ1) is 7.58. The number of hydrogen-bond acceptors (Lipinski definition) is 3. The van der Waals surface area contributed by atoms with E-state index in [-0.39, 0.29) is 4.88 Å². The minimum atomic E-state index is -0.983. The quantitative estimate of drug-likeness (QED) is 0.905. The second-order valence-electron chi connectivity index (χ2n) is 3.01. The number of aromatic nitrogens is 1. The Balaban J connectivity index is 2.42. The summed E-state index contributed by atoms with van der Waals surface area (Å²) in [6, 6.07) is 6.56. The molecular formula is C10H5Cl2NO2S. The van der Waals surface area contributed by atoms with Crippen LogP contribution in [-0.4, -0.2) is 15.4 Å². The zero-order valence-electron chi connectivity index (χ0n) is 7.78. The number of halogens is 2. The SMILES string of the molecule is O=C(O)c1cc(-c2ccc(Cl)c(Cl)c2)ns1. The minimum Gasteiger partial charge on any atom is -0.477 e. The maximum Gasteiger partial charge on any atom is 0.347 e. The van der Waals surface area contributed by atoms with E-state index in [1.807, 2.05) is 0 Å². The number of nitrogens with zero attached hydrogens (tertiary/aromatic N) is 1. The van der Waals surface area contributed by atoms with Gasteiger partial charge in [0, 0.05) is 5.56 Å². The van der Waals surface area contributed by atoms with Gasteiger partial charge in [-0.2, -0.15) is 4.37 Å². The molecular weight excluding hydrogens is 269 g/mol. The molecule has 1 heterocycles. The highest BCUT2D eigenvalue weighted by molar-refractivity contribution is 7.08. The molecule has 0 saturated carbocycles. The van der Waals surface area contributed by atoms with Gasteiger partial charge in [0.25, 0.3) is 0 Å². The molecule has 0 unspecified atom stereocenters. The Morgan fingerprint density at radius 2 is 2.00 bits per heavy atom. The fraction of sp³-hybridized carbons (Fsp3) is 0. The minimum absolute atomic E-state index is 0.195. The number of carboxylic acid groups (broad SMARTS) is 1.